The molecule has 0 heterocycles. The van der Waals surface area contributed by atoms with Gasteiger partial charge in [-0.15, -0.1) is 24.0 Å². The van der Waals surface area contributed by atoms with E-state index < -0.39 is 11.2 Å². The Labute approximate surface area is 295 Å². The number of aliphatic hydroxyl groups excluding tert-OH is 1. The molecule has 2 fully saturated rings. The number of phenolic OH excluding ortho intramolecular Hbond substituents is 1. The summed E-state index contributed by atoms with van der Waals surface area (Å²) in [7, 11) is 8.20. The van der Waals surface area contributed by atoms with Crippen LogP contribution in [0.1, 0.15) is 92.7 Å². The number of nitrogens with zero attached hydrogens (tertiary/aromatic N) is 2. The van der Waals surface area contributed by atoms with Gasteiger partial charge in [0.15, 0.2) is 0 Å². The average molecular weight is 923 g/mol. The van der Waals surface area contributed by atoms with Crippen LogP contribution in [-0.4, -0.2) is 82.7 Å². The Balaban J connectivity index is 0.000000388. The Morgan fingerprint density at radius 3 is 1.29 bits per heavy atom. The highest BCUT2D eigenvalue weighted by Gasteiger charge is 2.39. The molecule has 2 aliphatic rings. The van der Waals surface area contributed by atoms with Crippen molar-refractivity contribution in [2.24, 2.45) is 0 Å². The molecule has 2 atom stereocenters. The van der Waals surface area contributed by atoms with Gasteiger partial charge in [0.1, 0.15) is 5.75 Å². The van der Waals surface area contributed by atoms with Crippen LogP contribution in [0.2, 0.25) is 0 Å². The van der Waals surface area contributed by atoms with Gasteiger partial charge in [-0.25, -0.2) is 0 Å². The summed E-state index contributed by atoms with van der Waals surface area (Å²) in [4.78, 5) is 4.28. The summed E-state index contributed by atoms with van der Waals surface area (Å²) in [6.07, 6.45) is 10.5. The van der Waals surface area contributed by atoms with E-state index in [1.54, 1.807) is 12.1 Å². The molecule has 0 bridgehead atoms. The SMILES string of the molecule is CN(C)CC(c1ccc(CO)cc1)C1(O)CCCCC1.CN(C)CC(c1ccc(O)cc1)C1(O)CCCCC1.I.II. The third-order valence-electron chi connectivity index (χ3n) is 8.69. The fourth-order valence-electron chi connectivity index (χ4n) is 6.49. The second kappa shape index (κ2) is 20.4. The Kier molecular flexibility index (Phi) is 19.5. The molecule has 2 aromatic rings. The zero-order chi connectivity index (χ0) is 30.5. The Morgan fingerprint density at radius 1 is 0.643 bits per heavy atom. The van der Waals surface area contributed by atoms with Crippen LogP contribution >= 0.6 is 61.2 Å². The number of halogens is 3. The molecule has 9 heteroatoms. The Hall–Kier alpha value is 0.230. The van der Waals surface area contributed by atoms with Crippen molar-refractivity contribution in [3.8, 4) is 5.75 Å². The summed E-state index contributed by atoms with van der Waals surface area (Å²) in [5.74, 6) is 0.539. The average Bonchev–Trinajstić information content (AvgIpc) is 2.97. The maximum Gasteiger partial charge on any atom is 0.115 e. The molecule has 0 amide bonds. The monoisotopic (exact) mass is 922 g/mol. The maximum atomic E-state index is 11.1. The Morgan fingerprint density at radius 2 is 0.976 bits per heavy atom. The molecule has 42 heavy (non-hydrogen) atoms. The van der Waals surface area contributed by atoms with Crippen molar-refractivity contribution in [3.63, 3.8) is 0 Å². The number of hydrogen-bond donors (Lipinski definition) is 4. The predicted molar refractivity (Wildman–Crippen MR) is 203 cm³/mol. The maximum absolute atomic E-state index is 11.1. The number of likely N-dealkylation sites (N-methyl/N-ethyl adjacent to an activating group) is 2. The summed E-state index contributed by atoms with van der Waals surface area (Å²) in [5.41, 5.74) is 2.05. The molecule has 2 aromatic carbocycles. The largest absolute Gasteiger partial charge is 0.508 e. The zero-order valence-corrected chi connectivity index (χ0v) is 32.5. The van der Waals surface area contributed by atoms with Crippen LogP contribution in [0, 0.1) is 0 Å². The van der Waals surface area contributed by atoms with Crippen LogP contribution in [0.5, 0.6) is 5.75 Å². The first kappa shape index (κ1) is 40.3. The van der Waals surface area contributed by atoms with Crippen molar-refractivity contribution in [2.45, 2.75) is 93.9 Å². The first-order valence-electron chi connectivity index (χ1n) is 14.9. The molecular weight excluding hydrogens is 869 g/mol. The first-order valence-corrected chi connectivity index (χ1v) is 21.2. The molecule has 0 radical (unpaired) electrons. The normalized spacial score (nSPS) is 18.9. The number of rotatable bonds is 9. The van der Waals surface area contributed by atoms with Crippen molar-refractivity contribution in [1.82, 2.24) is 9.80 Å². The van der Waals surface area contributed by atoms with Gasteiger partial charge in [-0.05, 0) is 82.7 Å². The molecule has 2 saturated carbocycles. The lowest BCUT2D eigenvalue weighted by Crippen LogP contribution is -2.42. The van der Waals surface area contributed by atoms with Gasteiger partial charge in [0.2, 0.25) is 0 Å². The summed E-state index contributed by atoms with van der Waals surface area (Å²) >= 11 is 4.24. The van der Waals surface area contributed by atoms with E-state index in [-0.39, 0.29) is 48.2 Å². The van der Waals surface area contributed by atoms with E-state index >= 15 is 0 Å². The second-order valence-electron chi connectivity index (χ2n) is 12.4. The molecule has 0 spiro atoms. The van der Waals surface area contributed by atoms with Crippen molar-refractivity contribution in [3.05, 3.63) is 65.2 Å². The summed E-state index contributed by atoms with van der Waals surface area (Å²) in [6.45, 7) is 1.76. The van der Waals surface area contributed by atoms with Gasteiger partial charge in [-0.2, -0.15) is 0 Å². The Bertz CT molecular complexity index is 978. The van der Waals surface area contributed by atoms with Gasteiger partial charge in [0.05, 0.1) is 17.8 Å². The number of aromatic hydroxyl groups is 1. The van der Waals surface area contributed by atoms with Gasteiger partial charge < -0.3 is 30.2 Å². The standard InChI is InChI=1S/C17H27NO2.C16H25NO2.I2.HI/c1-18(2)12-16(17(20)10-4-3-5-11-17)15-8-6-14(13-19)7-9-15;1-17(2)12-15(13-6-8-14(18)9-7-13)16(19)10-4-3-5-11-16;1-2;/h6-9,16,19-20H,3-5,10-13H2,1-2H3;6-9,15,18-19H,3-5,10-12H2,1-2H3;;1H. The first-order chi connectivity index (χ1) is 19.6. The molecule has 2 unspecified atom stereocenters. The minimum atomic E-state index is -0.598. The lowest BCUT2D eigenvalue weighted by atomic mass is 9.72. The molecule has 2 aliphatic carbocycles. The van der Waals surface area contributed by atoms with Crippen LogP contribution in [0.25, 0.3) is 0 Å². The van der Waals surface area contributed by atoms with E-state index in [2.05, 4.69) is 73.3 Å². The van der Waals surface area contributed by atoms with Gasteiger partial charge in [-0.1, -0.05) is 74.9 Å². The number of hydrogen-bond acceptors (Lipinski definition) is 6. The second-order valence-corrected chi connectivity index (χ2v) is 12.4. The van der Waals surface area contributed by atoms with Crippen LogP contribution < -0.4 is 0 Å². The van der Waals surface area contributed by atoms with E-state index in [4.69, 9.17) is 5.11 Å². The van der Waals surface area contributed by atoms with Crippen molar-refractivity contribution in [2.75, 3.05) is 41.3 Å². The van der Waals surface area contributed by atoms with Crippen molar-refractivity contribution < 1.29 is 20.4 Å². The highest BCUT2D eigenvalue weighted by atomic mass is 128. The topological polar surface area (TPSA) is 87.4 Å². The van der Waals surface area contributed by atoms with Crippen LogP contribution in [0.3, 0.4) is 0 Å². The minimum Gasteiger partial charge on any atom is -0.508 e. The van der Waals surface area contributed by atoms with Crippen LogP contribution in [0.15, 0.2) is 48.5 Å². The highest BCUT2D eigenvalue weighted by molar-refractivity contribution is 15.0. The number of phenols is 1. The third-order valence-corrected chi connectivity index (χ3v) is 8.69. The minimum absolute atomic E-state index is 0. The molecule has 240 valence electrons. The summed E-state index contributed by atoms with van der Waals surface area (Å²) < 4.78 is 0. The van der Waals surface area contributed by atoms with Gasteiger partial charge in [-0.3, -0.25) is 0 Å². The fourth-order valence-corrected chi connectivity index (χ4v) is 6.49. The van der Waals surface area contributed by atoms with Gasteiger partial charge in [0.25, 0.3) is 0 Å². The summed E-state index contributed by atoms with van der Waals surface area (Å²) in [5, 5.41) is 40.7. The molecule has 4 N–H and O–H groups in total. The van der Waals surface area contributed by atoms with Crippen LogP contribution in [-0.2, 0) is 6.61 Å². The highest BCUT2D eigenvalue weighted by Crippen LogP contribution is 2.41. The number of aliphatic hydroxyl groups is 3. The zero-order valence-electron chi connectivity index (χ0n) is 25.8. The van der Waals surface area contributed by atoms with E-state index in [1.165, 1.54) is 18.4 Å². The fraction of sp³-hybridized carbons (Fsp3) is 0.636. The van der Waals surface area contributed by atoms with Gasteiger partial charge in [0, 0.05) is 62.2 Å². The quantitative estimate of drug-likeness (QED) is 0.194. The molecule has 4 rings (SSSR count). The molecule has 0 aromatic heterocycles. The molecule has 6 nitrogen and oxygen atoms in total. The smallest absolute Gasteiger partial charge is 0.115 e. The van der Waals surface area contributed by atoms with Gasteiger partial charge >= 0.3 is 0 Å². The van der Waals surface area contributed by atoms with Crippen molar-refractivity contribution >= 4 is 61.2 Å². The van der Waals surface area contributed by atoms with Crippen molar-refractivity contribution in [1.29, 1.82) is 0 Å². The third kappa shape index (κ3) is 12.6. The van der Waals surface area contributed by atoms with E-state index in [9.17, 15) is 15.3 Å². The molecule has 0 saturated heterocycles. The van der Waals surface area contributed by atoms with E-state index in [0.29, 0.717) is 0 Å². The lowest BCUT2D eigenvalue weighted by Gasteiger charge is -2.41. The molecule has 0 aliphatic heterocycles. The predicted octanol–water partition coefficient (Wildman–Crippen LogP) is 7.64. The lowest BCUT2D eigenvalue weighted by molar-refractivity contribution is -0.0280. The molecular formula is C33H53I3N2O4. The number of benzene rings is 2. The summed E-state index contributed by atoms with van der Waals surface area (Å²) in [6, 6.07) is 15.4. The van der Waals surface area contributed by atoms with Crippen LogP contribution in [0.4, 0.5) is 0 Å². The van der Waals surface area contributed by atoms with E-state index in [0.717, 1.165) is 75.6 Å². The van der Waals surface area contributed by atoms with E-state index in [1.807, 2.05) is 38.4 Å².